The number of carbonyl (C=O) groups is 2. The molecular formula is C6H12O6Pd. The van der Waals surface area contributed by atoms with E-state index in [1.54, 1.807) is 0 Å². The van der Waals surface area contributed by atoms with Crippen LogP contribution in [-0.4, -0.2) is 44.6 Å². The summed E-state index contributed by atoms with van der Waals surface area (Å²) >= 11 is 0. The van der Waals surface area contributed by atoms with Crippen LogP contribution in [0.2, 0.25) is 0 Å². The Morgan fingerprint density at radius 2 is 1.00 bits per heavy atom. The molecule has 0 bridgehead atoms. The zero-order valence-corrected chi connectivity index (χ0v) is 8.63. The van der Waals surface area contributed by atoms with Gasteiger partial charge in [0, 0.05) is 20.4 Å². The topological polar surface area (TPSA) is 115 Å². The van der Waals surface area contributed by atoms with Crippen molar-refractivity contribution in [3.05, 3.63) is 0 Å². The van der Waals surface area contributed by atoms with Crippen LogP contribution in [0.4, 0.5) is 0 Å². The molecule has 2 atom stereocenters. The fourth-order valence-corrected chi connectivity index (χ4v) is 0. The second-order valence-electron chi connectivity index (χ2n) is 2.03. The van der Waals surface area contributed by atoms with Gasteiger partial charge in [0.2, 0.25) is 0 Å². The fraction of sp³-hybridized carbons (Fsp3) is 0.667. The van der Waals surface area contributed by atoms with E-state index in [4.69, 9.17) is 20.4 Å². The predicted molar refractivity (Wildman–Crippen MR) is 38.6 cm³/mol. The first-order chi connectivity index (χ1) is 5.29. The monoisotopic (exact) mass is 286 g/mol. The van der Waals surface area contributed by atoms with Crippen LogP contribution in [-0.2, 0) is 30.0 Å². The molecular weight excluding hydrogens is 274 g/mol. The molecule has 0 amide bonds. The number of aliphatic carboxylic acids is 2. The first kappa shape index (κ1) is 18.3. The van der Waals surface area contributed by atoms with Crippen LogP contribution < -0.4 is 0 Å². The average molecular weight is 287 g/mol. The Bertz CT molecular complexity index is 137. The molecule has 0 saturated heterocycles. The van der Waals surface area contributed by atoms with E-state index in [1.165, 1.54) is 13.8 Å². The number of hydrogen-bond acceptors (Lipinski definition) is 4. The Morgan fingerprint density at radius 1 is 0.923 bits per heavy atom. The fourth-order valence-electron chi connectivity index (χ4n) is 0. The van der Waals surface area contributed by atoms with Gasteiger partial charge >= 0.3 is 11.9 Å². The average Bonchev–Trinajstić information content (AvgIpc) is 1.88. The van der Waals surface area contributed by atoms with Crippen molar-refractivity contribution in [2.45, 2.75) is 26.1 Å². The smallest absolute Gasteiger partial charge is 0.332 e. The van der Waals surface area contributed by atoms with Crippen molar-refractivity contribution in [2.24, 2.45) is 0 Å². The molecule has 0 aliphatic heterocycles. The molecule has 6 nitrogen and oxygen atoms in total. The van der Waals surface area contributed by atoms with Crippen molar-refractivity contribution in [2.75, 3.05) is 0 Å². The van der Waals surface area contributed by atoms with Crippen LogP contribution in [0.15, 0.2) is 0 Å². The Kier molecular flexibility index (Phi) is 13.6. The van der Waals surface area contributed by atoms with Crippen LogP contribution in [0.5, 0.6) is 0 Å². The molecule has 0 aliphatic carbocycles. The molecule has 0 heterocycles. The second-order valence-corrected chi connectivity index (χ2v) is 2.03. The van der Waals surface area contributed by atoms with Gasteiger partial charge in [-0.05, 0) is 13.8 Å². The molecule has 4 N–H and O–H groups in total. The molecule has 0 aliphatic rings. The van der Waals surface area contributed by atoms with Gasteiger partial charge in [-0.2, -0.15) is 0 Å². The molecule has 0 aromatic rings. The third-order valence-electron chi connectivity index (χ3n) is 0.715. The van der Waals surface area contributed by atoms with Gasteiger partial charge in [-0.25, -0.2) is 9.59 Å². The zero-order valence-electron chi connectivity index (χ0n) is 7.08. The van der Waals surface area contributed by atoms with Crippen molar-refractivity contribution in [3.8, 4) is 0 Å². The van der Waals surface area contributed by atoms with Gasteiger partial charge in [0.25, 0.3) is 0 Å². The Hall–Kier alpha value is -0.478. The number of carboxylic acid groups (broad SMARTS) is 2. The van der Waals surface area contributed by atoms with Gasteiger partial charge in [0.05, 0.1) is 0 Å². The number of aliphatic hydroxyl groups excluding tert-OH is 2. The molecule has 7 heteroatoms. The second kappa shape index (κ2) is 9.61. The predicted octanol–water partition coefficient (Wildman–Crippen LogP) is -1.10. The van der Waals surface area contributed by atoms with E-state index in [1.807, 2.05) is 0 Å². The van der Waals surface area contributed by atoms with Crippen LogP contribution >= 0.6 is 0 Å². The van der Waals surface area contributed by atoms with Crippen molar-refractivity contribution in [1.29, 1.82) is 0 Å². The molecule has 0 aromatic carbocycles. The van der Waals surface area contributed by atoms with Gasteiger partial charge in [0.1, 0.15) is 12.2 Å². The largest absolute Gasteiger partial charge is 0.479 e. The number of carboxylic acids is 2. The Balaban J connectivity index is -0.000000143. The first-order valence-electron chi connectivity index (χ1n) is 3.10. The summed E-state index contributed by atoms with van der Waals surface area (Å²) in [6, 6.07) is 0. The summed E-state index contributed by atoms with van der Waals surface area (Å²) in [5.74, 6) is -2.37. The minimum absolute atomic E-state index is 0. The maximum atomic E-state index is 9.45. The molecule has 0 aromatic heterocycles. The number of rotatable bonds is 2. The summed E-state index contributed by atoms with van der Waals surface area (Å²) < 4.78 is 0. The van der Waals surface area contributed by atoms with Gasteiger partial charge < -0.3 is 20.4 Å². The van der Waals surface area contributed by atoms with E-state index < -0.39 is 24.1 Å². The van der Waals surface area contributed by atoms with Crippen LogP contribution in [0.3, 0.4) is 0 Å². The van der Waals surface area contributed by atoms with Gasteiger partial charge in [-0.1, -0.05) is 0 Å². The maximum Gasteiger partial charge on any atom is 0.332 e. The standard InChI is InChI=1S/2C3H6O3.Pd/c2*1-2(4)3(5)6;/h2*2,4H,1H3,(H,5,6);. The van der Waals surface area contributed by atoms with E-state index in [0.717, 1.165) is 0 Å². The summed E-state index contributed by atoms with van der Waals surface area (Å²) in [4.78, 5) is 18.9. The number of aliphatic hydroxyl groups is 2. The van der Waals surface area contributed by atoms with Gasteiger partial charge in [-0.15, -0.1) is 0 Å². The summed E-state index contributed by atoms with van der Waals surface area (Å²) in [7, 11) is 0. The van der Waals surface area contributed by atoms with Gasteiger partial charge in [0.15, 0.2) is 0 Å². The Morgan fingerprint density at radius 3 is 1.00 bits per heavy atom. The summed E-state index contributed by atoms with van der Waals surface area (Å²) in [6.07, 6.45) is -2.46. The molecule has 0 spiro atoms. The molecule has 13 heavy (non-hydrogen) atoms. The molecule has 0 rings (SSSR count). The SMILES string of the molecule is CC(O)C(=O)O.CC(O)C(=O)O.[Pd]. The van der Waals surface area contributed by atoms with Crippen molar-refractivity contribution in [1.82, 2.24) is 0 Å². The Labute approximate surface area is 88.8 Å². The van der Waals surface area contributed by atoms with Crippen LogP contribution in [0.1, 0.15) is 13.8 Å². The van der Waals surface area contributed by atoms with E-state index in [9.17, 15) is 9.59 Å². The van der Waals surface area contributed by atoms with Crippen molar-refractivity contribution < 1.29 is 50.4 Å². The van der Waals surface area contributed by atoms with Gasteiger partial charge in [-0.3, -0.25) is 0 Å². The molecule has 0 fully saturated rings. The normalized spacial score (nSPS) is 12.6. The number of hydrogen-bond donors (Lipinski definition) is 4. The third-order valence-corrected chi connectivity index (χ3v) is 0.715. The van der Waals surface area contributed by atoms with E-state index in [0.29, 0.717) is 0 Å². The van der Waals surface area contributed by atoms with Crippen LogP contribution in [0.25, 0.3) is 0 Å². The van der Waals surface area contributed by atoms with E-state index >= 15 is 0 Å². The van der Waals surface area contributed by atoms with Crippen LogP contribution in [0, 0.1) is 0 Å². The van der Waals surface area contributed by atoms with Crippen molar-refractivity contribution in [3.63, 3.8) is 0 Å². The molecule has 0 radical (unpaired) electrons. The summed E-state index contributed by atoms with van der Waals surface area (Å²) in [5, 5.41) is 31.5. The quantitative estimate of drug-likeness (QED) is 0.479. The van der Waals surface area contributed by atoms with E-state index in [2.05, 4.69) is 0 Å². The minimum atomic E-state index is -1.23. The summed E-state index contributed by atoms with van der Waals surface area (Å²) in [5.41, 5.74) is 0. The van der Waals surface area contributed by atoms with E-state index in [-0.39, 0.29) is 20.4 Å². The molecule has 0 saturated carbocycles. The van der Waals surface area contributed by atoms with Crippen molar-refractivity contribution >= 4 is 11.9 Å². The third kappa shape index (κ3) is 18.5. The molecule has 2 unspecified atom stereocenters. The summed E-state index contributed by atoms with van der Waals surface area (Å²) in [6.45, 7) is 2.39. The zero-order chi connectivity index (χ0) is 10.3. The minimum Gasteiger partial charge on any atom is -0.479 e. The molecule has 82 valence electrons. The maximum absolute atomic E-state index is 9.45. The first-order valence-corrected chi connectivity index (χ1v) is 3.10.